The Balaban J connectivity index is 2.49. The third-order valence-corrected chi connectivity index (χ3v) is 2.19. The summed E-state index contributed by atoms with van der Waals surface area (Å²) in [7, 11) is 0. The van der Waals surface area contributed by atoms with Crippen LogP contribution in [0.25, 0.3) is 0 Å². The number of likely N-dealkylation sites (tertiary alicyclic amines) is 1. The number of nitrogens with zero attached hydrogens (tertiary/aromatic N) is 1. The lowest BCUT2D eigenvalue weighted by Crippen LogP contribution is -2.66. The number of carbonyl (C=O) groups is 1. The number of hydrogen-bond acceptors (Lipinski definition) is 3. The molecule has 76 valence electrons. The van der Waals surface area contributed by atoms with E-state index in [0.29, 0.717) is 0 Å². The van der Waals surface area contributed by atoms with Gasteiger partial charge in [0.25, 0.3) is 0 Å². The Bertz CT molecular complexity index is 213. The summed E-state index contributed by atoms with van der Waals surface area (Å²) >= 11 is 0. The van der Waals surface area contributed by atoms with Crippen molar-refractivity contribution in [3.05, 3.63) is 0 Å². The Morgan fingerprint density at radius 2 is 1.92 bits per heavy atom. The van der Waals surface area contributed by atoms with Crippen LogP contribution in [0.4, 0.5) is 0 Å². The Morgan fingerprint density at radius 3 is 2.23 bits per heavy atom. The van der Waals surface area contributed by atoms with Gasteiger partial charge in [0.05, 0.1) is 19.7 Å². The predicted molar refractivity (Wildman–Crippen MR) is 48.1 cm³/mol. The van der Waals surface area contributed by atoms with E-state index in [2.05, 4.69) is 0 Å². The van der Waals surface area contributed by atoms with Crippen molar-refractivity contribution in [1.82, 2.24) is 4.90 Å². The van der Waals surface area contributed by atoms with Crippen molar-refractivity contribution in [2.24, 2.45) is 5.41 Å². The van der Waals surface area contributed by atoms with Crippen LogP contribution in [0, 0.1) is 5.41 Å². The molecule has 0 aromatic rings. The minimum Gasteiger partial charge on any atom is -0.393 e. The summed E-state index contributed by atoms with van der Waals surface area (Å²) in [6.45, 7) is 5.74. The smallest absolute Gasteiger partial charge is 0.228 e. The van der Waals surface area contributed by atoms with Gasteiger partial charge in [-0.05, 0) is 0 Å². The van der Waals surface area contributed by atoms with Gasteiger partial charge in [0.2, 0.25) is 5.91 Å². The fraction of sp³-hybridized carbons (Fsp3) is 0.889. The molecule has 1 heterocycles. The second kappa shape index (κ2) is 2.96. The number of β-amino-alcohol motifs (C(OH)–C–C–N with tert-alkyl or cyclic N) is 1. The molecule has 1 saturated heterocycles. The highest BCUT2D eigenvalue weighted by atomic mass is 16.3. The lowest BCUT2D eigenvalue weighted by Gasteiger charge is -2.47. The van der Waals surface area contributed by atoms with Crippen molar-refractivity contribution in [2.45, 2.75) is 26.4 Å². The Morgan fingerprint density at radius 1 is 1.46 bits per heavy atom. The van der Waals surface area contributed by atoms with Crippen LogP contribution in [0.5, 0.6) is 0 Å². The Labute approximate surface area is 78.2 Å². The maximum Gasteiger partial charge on any atom is 0.228 e. The fourth-order valence-electron chi connectivity index (χ4n) is 1.38. The molecule has 1 amide bonds. The van der Waals surface area contributed by atoms with Gasteiger partial charge in [-0.2, -0.15) is 0 Å². The molecule has 4 heteroatoms. The quantitative estimate of drug-likeness (QED) is 0.587. The van der Waals surface area contributed by atoms with Crippen LogP contribution in [-0.2, 0) is 4.79 Å². The van der Waals surface area contributed by atoms with Crippen LogP contribution < -0.4 is 0 Å². The predicted octanol–water partition coefficient (Wildman–Crippen LogP) is -0.402. The molecule has 0 aromatic carbocycles. The van der Waals surface area contributed by atoms with Gasteiger partial charge in [0.1, 0.15) is 5.60 Å². The third-order valence-electron chi connectivity index (χ3n) is 2.19. The molecule has 1 aliphatic rings. The summed E-state index contributed by atoms with van der Waals surface area (Å²) in [5.74, 6) is 0.0191. The zero-order valence-corrected chi connectivity index (χ0v) is 8.37. The molecule has 0 spiro atoms. The Kier molecular flexibility index (Phi) is 2.38. The largest absolute Gasteiger partial charge is 0.393 e. The van der Waals surface area contributed by atoms with E-state index in [1.807, 2.05) is 20.8 Å². The first-order chi connectivity index (χ1) is 5.78. The summed E-state index contributed by atoms with van der Waals surface area (Å²) < 4.78 is 0. The summed E-state index contributed by atoms with van der Waals surface area (Å²) in [4.78, 5) is 13.1. The molecule has 0 aromatic heterocycles. The zero-order valence-electron chi connectivity index (χ0n) is 8.37. The second-order valence-corrected chi connectivity index (χ2v) is 4.79. The zero-order chi connectivity index (χ0) is 10.3. The molecule has 0 aliphatic carbocycles. The van der Waals surface area contributed by atoms with E-state index in [1.165, 1.54) is 0 Å². The van der Waals surface area contributed by atoms with E-state index in [1.54, 1.807) is 4.90 Å². The highest BCUT2D eigenvalue weighted by Gasteiger charge is 2.45. The standard InChI is InChI=1S/C9H17NO3/c1-8(2,3)7(12)10-4-9(13,5-10)6-11/h11,13H,4-6H2,1-3H3. The minimum atomic E-state index is -1.05. The van der Waals surface area contributed by atoms with E-state index in [9.17, 15) is 9.90 Å². The summed E-state index contributed by atoms with van der Waals surface area (Å²) in [6.07, 6.45) is 0. The molecule has 1 rings (SSSR count). The monoisotopic (exact) mass is 187 g/mol. The van der Waals surface area contributed by atoms with Gasteiger partial charge in [-0.1, -0.05) is 20.8 Å². The molecule has 1 fully saturated rings. The van der Waals surface area contributed by atoms with Crippen LogP contribution in [0.2, 0.25) is 0 Å². The van der Waals surface area contributed by atoms with Crippen molar-refractivity contribution in [1.29, 1.82) is 0 Å². The average Bonchev–Trinajstić information content (AvgIpc) is 1.95. The maximum absolute atomic E-state index is 11.6. The molecule has 0 atom stereocenters. The first-order valence-electron chi connectivity index (χ1n) is 4.41. The van der Waals surface area contributed by atoms with Gasteiger partial charge in [0.15, 0.2) is 0 Å². The molecule has 0 unspecified atom stereocenters. The molecule has 0 radical (unpaired) electrons. The lowest BCUT2D eigenvalue weighted by molar-refractivity contribution is -0.169. The van der Waals surface area contributed by atoms with E-state index in [0.717, 1.165) is 0 Å². The topological polar surface area (TPSA) is 60.8 Å². The molecule has 4 nitrogen and oxygen atoms in total. The summed E-state index contributed by atoms with van der Waals surface area (Å²) in [5, 5.41) is 18.2. The first kappa shape index (κ1) is 10.5. The van der Waals surface area contributed by atoms with Gasteiger partial charge < -0.3 is 15.1 Å². The lowest BCUT2D eigenvalue weighted by atomic mass is 9.88. The van der Waals surface area contributed by atoms with Crippen molar-refractivity contribution in [3.8, 4) is 0 Å². The van der Waals surface area contributed by atoms with Crippen LogP contribution in [0.1, 0.15) is 20.8 Å². The maximum atomic E-state index is 11.6. The van der Waals surface area contributed by atoms with Crippen molar-refractivity contribution in [3.63, 3.8) is 0 Å². The molecular weight excluding hydrogens is 170 g/mol. The minimum absolute atomic E-state index is 0.0191. The highest BCUT2D eigenvalue weighted by molar-refractivity contribution is 5.82. The van der Waals surface area contributed by atoms with Crippen LogP contribution in [0.15, 0.2) is 0 Å². The van der Waals surface area contributed by atoms with Gasteiger partial charge in [-0.25, -0.2) is 0 Å². The first-order valence-corrected chi connectivity index (χ1v) is 4.41. The van der Waals surface area contributed by atoms with E-state index in [4.69, 9.17) is 5.11 Å². The normalized spacial score (nSPS) is 21.2. The van der Waals surface area contributed by atoms with Crippen molar-refractivity contribution < 1.29 is 15.0 Å². The van der Waals surface area contributed by atoms with Crippen LogP contribution in [-0.4, -0.2) is 46.3 Å². The van der Waals surface area contributed by atoms with E-state index in [-0.39, 0.29) is 25.6 Å². The third kappa shape index (κ3) is 2.00. The van der Waals surface area contributed by atoms with Gasteiger partial charge in [-0.15, -0.1) is 0 Å². The summed E-state index contributed by atoms with van der Waals surface area (Å²) in [5.41, 5.74) is -1.46. The number of aliphatic hydroxyl groups excluding tert-OH is 1. The molecule has 0 saturated carbocycles. The van der Waals surface area contributed by atoms with Crippen LogP contribution >= 0.6 is 0 Å². The molecule has 0 bridgehead atoms. The van der Waals surface area contributed by atoms with Gasteiger partial charge >= 0.3 is 0 Å². The van der Waals surface area contributed by atoms with Crippen molar-refractivity contribution in [2.75, 3.05) is 19.7 Å². The molecule has 2 N–H and O–H groups in total. The number of carbonyl (C=O) groups excluding carboxylic acids is 1. The highest BCUT2D eigenvalue weighted by Crippen LogP contribution is 2.26. The van der Waals surface area contributed by atoms with E-state index >= 15 is 0 Å². The fourth-order valence-corrected chi connectivity index (χ4v) is 1.38. The number of rotatable bonds is 1. The Hall–Kier alpha value is -0.610. The van der Waals surface area contributed by atoms with E-state index < -0.39 is 11.0 Å². The summed E-state index contributed by atoms with van der Waals surface area (Å²) in [6, 6.07) is 0. The van der Waals surface area contributed by atoms with Crippen LogP contribution in [0.3, 0.4) is 0 Å². The second-order valence-electron chi connectivity index (χ2n) is 4.79. The van der Waals surface area contributed by atoms with Gasteiger partial charge in [-0.3, -0.25) is 4.79 Å². The SMILES string of the molecule is CC(C)(C)C(=O)N1CC(O)(CO)C1. The van der Waals surface area contributed by atoms with Crippen molar-refractivity contribution >= 4 is 5.91 Å². The molecule has 1 aliphatic heterocycles. The van der Waals surface area contributed by atoms with Gasteiger partial charge in [0, 0.05) is 5.41 Å². The molecular formula is C9H17NO3. The number of hydrogen-bond donors (Lipinski definition) is 2. The number of amides is 1. The number of aliphatic hydroxyl groups is 2. The average molecular weight is 187 g/mol. The molecule has 13 heavy (non-hydrogen) atoms.